The minimum atomic E-state index is -4.43. The van der Waals surface area contributed by atoms with Crippen LogP contribution in [-0.2, 0) is 17.5 Å². The first kappa shape index (κ1) is 15.2. The first-order valence-electron chi connectivity index (χ1n) is 6.29. The zero-order chi connectivity index (χ0) is 14.9. The summed E-state index contributed by atoms with van der Waals surface area (Å²) in [5.41, 5.74) is 4.86. The highest BCUT2D eigenvalue weighted by atomic mass is 32.1. The molecule has 4 nitrogen and oxygen atoms in total. The minimum Gasteiger partial charge on any atom is -0.339 e. The zero-order valence-corrected chi connectivity index (χ0v) is 11.8. The lowest BCUT2D eigenvalue weighted by Gasteiger charge is -2.19. The van der Waals surface area contributed by atoms with Crippen molar-refractivity contribution in [2.75, 3.05) is 7.05 Å². The van der Waals surface area contributed by atoms with Crippen molar-refractivity contribution in [2.24, 2.45) is 11.7 Å². The van der Waals surface area contributed by atoms with Crippen LogP contribution < -0.4 is 5.73 Å². The standard InChI is InChI=1S/C12H16F3N3OS/c1-18(11(19)7-2-3-8(16)4-7)5-10-17-9(6-20-10)12(13,14)15/h6-8H,2-5,16H2,1H3. The second-order valence-electron chi connectivity index (χ2n) is 5.09. The van der Waals surface area contributed by atoms with Gasteiger partial charge in [-0.2, -0.15) is 13.2 Å². The Morgan fingerprint density at radius 2 is 2.25 bits per heavy atom. The SMILES string of the molecule is CN(Cc1nc(C(F)(F)F)cs1)C(=O)C1CCC(N)C1. The molecule has 1 aliphatic carbocycles. The van der Waals surface area contributed by atoms with Gasteiger partial charge in [0, 0.05) is 24.4 Å². The van der Waals surface area contributed by atoms with Crippen molar-refractivity contribution in [3.05, 3.63) is 16.1 Å². The monoisotopic (exact) mass is 307 g/mol. The van der Waals surface area contributed by atoms with E-state index in [0.717, 1.165) is 29.6 Å². The Kier molecular flexibility index (Phi) is 4.33. The summed E-state index contributed by atoms with van der Waals surface area (Å²) in [6.07, 6.45) is -2.22. The smallest absolute Gasteiger partial charge is 0.339 e. The molecular formula is C12H16F3N3OS. The number of rotatable bonds is 3. The van der Waals surface area contributed by atoms with Crippen LogP contribution in [0.25, 0.3) is 0 Å². The fourth-order valence-electron chi connectivity index (χ4n) is 2.35. The van der Waals surface area contributed by atoms with Crippen molar-refractivity contribution in [2.45, 2.75) is 38.0 Å². The average molecular weight is 307 g/mol. The maximum absolute atomic E-state index is 12.4. The Labute approximate surface area is 118 Å². The lowest BCUT2D eigenvalue weighted by molar-refractivity contribution is -0.140. The number of aromatic nitrogens is 1. The number of carbonyl (C=O) groups is 1. The van der Waals surface area contributed by atoms with E-state index < -0.39 is 11.9 Å². The van der Waals surface area contributed by atoms with Crippen LogP contribution in [0.3, 0.4) is 0 Å². The van der Waals surface area contributed by atoms with Crippen LogP contribution in [0, 0.1) is 5.92 Å². The zero-order valence-electron chi connectivity index (χ0n) is 11.0. The summed E-state index contributed by atoms with van der Waals surface area (Å²) in [6, 6.07) is 0.0500. The highest BCUT2D eigenvalue weighted by Gasteiger charge is 2.34. The molecule has 1 fully saturated rings. The second-order valence-corrected chi connectivity index (χ2v) is 6.03. The first-order chi connectivity index (χ1) is 9.27. The van der Waals surface area contributed by atoms with Gasteiger partial charge >= 0.3 is 6.18 Å². The number of hydrogen-bond donors (Lipinski definition) is 1. The molecule has 1 aromatic heterocycles. The van der Waals surface area contributed by atoms with Crippen molar-refractivity contribution in [3.8, 4) is 0 Å². The third kappa shape index (κ3) is 3.49. The molecule has 0 saturated heterocycles. The number of nitrogens with two attached hydrogens (primary N) is 1. The van der Waals surface area contributed by atoms with Crippen molar-refractivity contribution in [3.63, 3.8) is 0 Å². The summed E-state index contributed by atoms with van der Waals surface area (Å²) in [7, 11) is 1.58. The van der Waals surface area contributed by atoms with E-state index >= 15 is 0 Å². The van der Waals surface area contributed by atoms with Crippen LogP contribution in [0.1, 0.15) is 30.0 Å². The number of nitrogens with zero attached hydrogens (tertiary/aromatic N) is 2. The molecule has 0 aliphatic heterocycles. The summed E-state index contributed by atoms with van der Waals surface area (Å²) < 4.78 is 37.3. The number of halogens is 3. The molecule has 1 heterocycles. The van der Waals surface area contributed by atoms with Crippen molar-refractivity contribution >= 4 is 17.2 Å². The van der Waals surface area contributed by atoms with E-state index in [9.17, 15) is 18.0 Å². The van der Waals surface area contributed by atoms with Gasteiger partial charge in [-0.15, -0.1) is 11.3 Å². The van der Waals surface area contributed by atoms with Crippen LogP contribution in [-0.4, -0.2) is 28.9 Å². The lowest BCUT2D eigenvalue weighted by Crippen LogP contribution is -2.32. The topological polar surface area (TPSA) is 59.2 Å². The molecule has 1 saturated carbocycles. The molecular weight excluding hydrogens is 291 g/mol. The predicted octanol–water partition coefficient (Wildman–Crippen LogP) is 2.25. The van der Waals surface area contributed by atoms with Gasteiger partial charge in [0.15, 0.2) is 5.69 Å². The van der Waals surface area contributed by atoms with Gasteiger partial charge in [-0.1, -0.05) is 0 Å². The van der Waals surface area contributed by atoms with Gasteiger partial charge < -0.3 is 10.6 Å². The van der Waals surface area contributed by atoms with E-state index in [1.54, 1.807) is 7.05 Å². The van der Waals surface area contributed by atoms with Gasteiger partial charge in [0.05, 0.1) is 6.54 Å². The molecule has 2 N–H and O–H groups in total. The Morgan fingerprint density at radius 3 is 2.75 bits per heavy atom. The summed E-state index contributed by atoms with van der Waals surface area (Å²) in [4.78, 5) is 17.1. The molecule has 8 heteroatoms. The molecule has 2 rings (SSSR count). The predicted molar refractivity (Wildman–Crippen MR) is 68.9 cm³/mol. The number of alkyl halides is 3. The normalized spacial score (nSPS) is 23.1. The quantitative estimate of drug-likeness (QED) is 0.931. The Bertz CT molecular complexity index is 489. The van der Waals surface area contributed by atoms with E-state index in [0.29, 0.717) is 6.42 Å². The second kappa shape index (κ2) is 5.69. The molecule has 112 valence electrons. The van der Waals surface area contributed by atoms with Crippen LogP contribution in [0.2, 0.25) is 0 Å². The van der Waals surface area contributed by atoms with Gasteiger partial charge in [-0.3, -0.25) is 4.79 Å². The fraction of sp³-hybridized carbons (Fsp3) is 0.667. The number of amides is 1. The van der Waals surface area contributed by atoms with E-state index in [1.807, 2.05) is 0 Å². The van der Waals surface area contributed by atoms with Gasteiger partial charge in [0.1, 0.15) is 5.01 Å². The molecule has 2 unspecified atom stereocenters. The van der Waals surface area contributed by atoms with Crippen molar-refractivity contribution in [1.82, 2.24) is 9.88 Å². The summed E-state index contributed by atoms with van der Waals surface area (Å²) in [5, 5.41) is 1.26. The number of carbonyl (C=O) groups excluding carboxylic acids is 1. The third-order valence-corrected chi connectivity index (χ3v) is 4.25. The minimum absolute atomic E-state index is 0.0500. The molecule has 0 aromatic carbocycles. The van der Waals surface area contributed by atoms with E-state index in [1.165, 1.54) is 4.90 Å². The van der Waals surface area contributed by atoms with E-state index in [4.69, 9.17) is 5.73 Å². The molecule has 1 amide bonds. The van der Waals surface area contributed by atoms with Crippen LogP contribution in [0.5, 0.6) is 0 Å². The van der Waals surface area contributed by atoms with Crippen LogP contribution >= 0.6 is 11.3 Å². The number of hydrogen-bond acceptors (Lipinski definition) is 4. The summed E-state index contributed by atoms with van der Waals surface area (Å²) in [6.45, 7) is 0.102. The van der Waals surface area contributed by atoms with E-state index in [-0.39, 0.29) is 29.4 Å². The first-order valence-corrected chi connectivity index (χ1v) is 7.17. The van der Waals surface area contributed by atoms with Crippen molar-refractivity contribution in [1.29, 1.82) is 0 Å². The molecule has 0 radical (unpaired) electrons. The third-order valence-electron chi connectivity index (χ3n) is 3.41. The Hall–Kier alpha value is -1.15. The van der Waals surface area contributed by atoms with E-state index in [2.05, 4.69) is 4.98 Å². The highest BCUT2D eigenvalue weighted by molar-refractivity contribution is 7.09. The highest BCUT2D eigenvalue weighted by Crippen LogP contribution is 2.31. The molecule has 20 heavy (non-hydrogen) atoms. The van der Waals surface area contributed by atoms with Crippen LogP contribution in [0.4, 0.5) is 13.2 Å². The largest absolute Gasteiger partial charge is 0.434 e. The molecule has 0 bridgehead atoms. The van der Waals surface area contributed by atoms with Gasteiger partial charge in [-0.25, -0.2) is 4.98 Å². The summed E-state index contributed by atoms with van der Waals surface area (Å²) in [5.74, 6) is -0.182. The van der Waals surface area contributed by atoms with Gasteiger partial charge in [0.25, 0.3) is 0 Å². The van der Waals surface area contributed by atoms with Crippen LogP contribution in [0.15, 0.2) is 5.38 Å². The summed E-state index contributed by atoms with van der Waals surface area (Å²) >= 11 is 0.916. The number of thiazole rings is 1. The lowest BCUT2D eigenvalue weighted by atomic mass is 10.1. The van der Waals surface area contributed by atoms with Gasteiger partial charge in [-0.05, 0) is 19.3 Å². The molecule has 1 aromatic rings. The maximum atomic E-state index is 12.4. The van der Waals surface area contributed by atoms with Crippen molar-refractivity contribution < 1.29 is 18.0 Å². The molecule has 1 aliphatic rings. The average Bonchev–Trinajstić information content (AvgIpc) is 2.96. The Balaban J connectivity index is 1.95. The Morgan fingerprint density at radius 1 is 1.55 bits per heavy atom. The molecule has 0 spiro atoms. The maximum Gasteiger partial charge on any atom is 0.434 e. The fourth-order valence-corrected chi connectivity index (χ4v) is 3.20. The molecule has 2 atom stereocenters. The van der Waals surface area contributed by atoms with Gasteiger partial charge in [0.2, 0.25) is 5.91 Å².